The Balaban J connectivity index is 1.91. The molecule has 0 saturated carbocycles. The van der Waals surface area contributed by atoms with Crippen molar-refractivity contribution in [1.29, 1.82) is 0 Å². The predicted molar refractivity (Wildman–Crippen MR) is 58.8 cm³/mol. The first-order valence-corrected chi connectivity index (χ1v) is 5.93. The maximum Gasteiger partial charge on any atom is 0.182 e. The summed E-state index contributed by atoms with van der Waals surface area (Å²) in [6.45, 7) is 4.26. The smallest absolute Gasteiger partial charge is 0.182 e. The summed E-state index contributed by atoms with van der Waals surface area (Å²) in [7, 11) is 0. The molecule has 0 aromatic carbocycles. The van der Waals surface area contributed by atoms with Crippen molar-refractivity contribution in [1.82, 2.24) is 4.98 Å². The fourth-order valence-corrected chi connectivity index (χ4v) is 2.60. The lowest BCUT2D eigenvalue weighted by Gasteiger charge is -2.32. The third kappa shape index (κ3) is 2.45. The molecule has 2 heterocycles. The molecule has 1 saturated heterocycles. The molecule has 0 bridgehead atoms. The molecule has 78 valence electrons. The van der Waals surface area contributed by atoms with Crippen LogP contribution in [0.2, 0.25) is 0 Å². The molecule has 0 amide bonds. The first kappa shape index (κ1) is 9.93. The second kappa shape index (κ2) is 4.28. The monoisotopic (exact) mass is 212 g/mol. The summed E-state index contributed by atoms with van der Waals surface area (Å²) in [6.07, 6.45) is 4.69. The van der Waals surface area contributed by atoms with E-state index in [0.29, 0.717) is 18.2 Å². The molecule has 1 fully saturated rings. The Labute approximate surface area is 88.5 Å². The average molecular weight is 212 g/mol. The SMILES string of the molecule is CC1CC(Nc2nccs2)CC(C)O1. The van der Waals surface area contributed by atoms with Crippen molar-refractivity contribution in [2.75, 3.05) is 5.32 Å². The first-order chi connectivity index (χ1) is 6.74. The van der Waals surface area contributed by atoms with E-state index in [2.05, 4.69) is 24.1 Å². The Hall–Kier alpha value is -0.610. The molecule has 3 nitrogen and oxygen atoms in total. The van der Waals surface area contributed by atoms with Crippen molar-refractivity contribution in [2.24, 2.45) is 0 Å². The molecule has 1 aliphatic rings. The lowest BCUT2D eigenvalue weighted by atomic mass is 10.0. The minimum absolute atomic E-state index is 0.358. The Morgan fingerprint density at radius 3 is 2.71 bits per heavy atom. The van der Waals surface area contributed by atoms with Gasteiger partial charge in [-0.3, -0.25) is 0 Å². The molecule has 1 aliphatic heterocycles. The Bertz CT molecular complexity index is 266. The van der Waals surface area contributed by atoms with Crippen LogP contribution in [0.3, 0.4) is 0 Å². The van der Waals surface area contributed by atoms with Crippen LogP contribution in [0.25, 0.3) is 0 Å². The summed E-state index contributed by atoms with van der Waals surface area (Å²) in [4.78, 5) is 4.23. The standard InChI is InChI=1S/C10H16N2OS/c1-7-5-9(6-8(2)13-7)12-10-11-3-4-14-10/h3-4,7-9H,5-6H2,1-2H3,(H,11,12). The number of ether oxygens (including phenoxy) is 1. The lowest BCUT2D eigenvalue weighted by Crippen LogP contribution is -2.36. The topological polar surface area (TPSA) is 34.2 Å². The molecular weight excluding hydrogens is 196 g/mol. The number of aromatic nitrogens is 1. The van der Waals surface area contributed by atoms with Crippen LogP contribution < -0.4 is 5.32 Å². The first-order valence-electron chi connectivity index (χ1n) is 5.05. The Morgan fingerprint density at radius 2 is 2.14 bits per heavy atom. The molecule has 4 heteroatoms. The zero-order chi connectivity index (χ0) is 9.97. The molecule has 14 heavy (non-hydrogen) atoms. The van der Waals surface area contributed by atoms with Gasteiger partial charge in [0.1, 0.15) is 0 Å². The van der Waals surface area contributed by atoms with Gasteiger partial charge in [0.2, 0.25) is 0 Å². The van der Waals surface area contributed by atoms with Crippen LogP contribution >= 0.6 is 11.3 Å². The molecule has 2 rings (SSSR count). The zero-order valence-corrected chi connectivity index (χ0v) is 9.38. The summed E-state index contributed by atoms with van der Waals surface area (Å²) < 4.78 is 5.68. The number of hydrogen-bond acceptors (Lipinski definition) is 4. The summed E-state index contributed by atoms with van der Waals surface area (Å²) in [5, 5.41) is 6.47. The number of thiazole rings is 1. The van der Waals surface area contributed by atoms with Crippen molar-refractivity contribution in [2.45, 2.75) is 44.9 Å². The maximum atomic E-state index is 5.68. The van der Waals surface area contributed by atoms with E-state index in [1.807, 2.05) is 11.6 Å². The summed E-state index contributed by atoms with van der Waals surface area (Å²) in [5.41, 5.74) is 0. The van der Waals surface area contributed by atoms with E-state index in [-0.39, 0.29) is 0 Å². The highest BCUT2D eigenvalue weighted by molar-refractivity contribution is 7.13. The molecule has 2 unspecified atom stereocenters. The number of hydrogen-bond donors (Lipinski definition) is 1. The van der Waals surface area contributed by atoms with Gasteiger partial charge in [-0.1, -0.05) is 0 Å². The molecule has 2 atom stereocenters. The van der Waals surface area contributed by atoms with Crippen molar-refractivity contribution in [3.63, 3.8) is 0 Å². The van der Waals surface area contributed by atoms with Crippen LogP contribution in [0.15, 0.2) is 11.6 Å². The van der Waals surface area contributed by atoms with Gasteiger partial charge < -0.3 is 10.1 Å². The van der Waals surface area contributed by atoms with E-state index in [9.17, 15) is 0 Å². The number of anilines is 1. The minimum Gasteiger partial charge on any atom is -0.375 e. The van der Waals surface area contributed by atoms with Crippen molar-refractivity contribution in [3.8, 4) is 0 Å². The van der Waals surface area contributed by atoms with Gasteiger partial charge in [-0.25, -0.2) is 4.98 Å². The third-order valence-corrected chi connectivity index (χ3v) is 3.16. The average Bonchev–Trinajstić information content (AvgIpc) is 2.54. The van der Waals surface area contributed by atoms with Crippen molar-refractivity contribution < 1.29 is 4.74 Å². The second-order valence-electron chi connectivity index (χ2n) is 3.91. The summed E-state index contributed by atoms with van der Waals surface area (Å²) in [6, 6.07) is 0.514. The third-order valence-electron chi connectivity index (χ3n) is 2.46. The van der Waals surface area contributed by atoms with Crippen LogP contribution in [-0.2, 0) is 4.74 Å². The van der Waals surface area contributed by atoms with E-state index < -0.39 is 0 Å². The normalized spacial score (nSPS) is 32.9. The van der Waals surface area contributed by atoms with Gasteiger partial charge >= 0.3 is 0 Å². The van der Waals surface area contributed by atoms with Crippen LogP contribution in [0.4, 0.5) is 5.13 Å². The minimum atomic E-state index is 0.358. The van der Waals surface area contributed by atoms with Gasteiger partial charge in [0.05, 0.1) is 12.2 Å². The molecule has 0 aliphatic carbocycles. The highest BCUT2D eigenvalue weighted by atomic mass is 32.1. The fourth-order valence-electron chi connectivity index (χ4n) is 1.99. The molecular formula is C10H16N2OS. The van der Waals surface area contributed by atoms with Crippen LogP contribution in [-0.4, -0.2) is 23.2 Å². The largest absolute Gasteiger partial charge is 0.375 e. The van der Waals surface area contributed by atoms with Gasteiger partial charge in [-0.2, -0.15) is 0 Å². The van der Waals surface area contributed by atoms with Crippen LogP contribution in [0.5, 0.6) is 0 Å². The molecule has 1 aromatic heterocycles. The van der Waals surface area contributed by atoms with Gasteiger partial charge in [-0.15, -0.1) is 11.3 Å². The van der Waals surface area contributed by atoms with E-state index in [0.717, 1.165) is 18.0 Å². The van der Waals surface area contributed by atoms with Gasteiger partial charge in [0, 0.05) is 17.6 Å². The molecule has 0 spiro atoms. The molecule has 0 radical (unpaired) electrons. The highest BCUT2D eigenvalue weighted by Crippen LogP contribution is 2.23. The van der Waals surface area contributed by atoms with E-state index >= 15 is 0 Å². The summed E-state index contributed by atoms with van der Waals surface area (Å²) >= 11 is 1.66. The van der Waals surface area contributed by atoms with Gasteiger partial charge in [0.15, 0.2) is 5.13 Å². The van der Waals surface area contributed by atoms with Crippen LogP contribution in [0, 0.1) is 0 Å². The Morgan fingerprint density at radius 1 is 1.43 bits per heavy atom. The molecule has 1 aromatic rings. The number of rotatable bonds is 2. The van der Waals surface area contributed by atoms with Crippen molar-refractivity contribution >= 4 is 16.5 Å². The fraction of sp³-hybridized carbons (Fsp3) is 0.700. The van der Waals surface area contributed by atoms with Crippen molar-refractivity contribution in [3.05, 3.63) is 11.6 Å². The zero-order valence-electron chi connectivity index (χ0n) is 8.56. The molecule has 1 N–H and O–H groups in total. The van der Waals surface area contributed by atoms with Crippen LogP contribution in [0.1, 0.15) is 26.7 Å². The van der Waals surface area contributed by atoms with E-state index in [1.165, 1.54) is 0 Å². The summed E-state index contributed by atoms with van der Waals surface area (Å²) in [5.74, 6) is 0. The highest BCUT2D eigenvalue weighted by Gasteiger charge is 2.24. The van der Waals surface area contributed by atoms with E-state index in [1.54, 1.807) is 11.3 Å². The number of nitrogens with zero attached hydrogens (tertiary/aromatic N) is 1. The second-order valence-corrected chi connectivity index (χ2v) is 4.80. The Kier molecular flexibility index (Phi) is 3.03. The van der Waals surface area contributed by atoms with E-state index in [4.69, 9.17) is 4.74 Å². The van der Waals surface area contributed by atoms with Gasteiger partial charge in [0.25, 0.3) is 0 Å². The van der Waals surface area contributed by atoms with Gasteiger partial charge in [-0.05, 0) is 26.7 Å². The predicted octanol–water partition coefficient (Wildman–Crippen LogP) is 2.51. The lowest BCUT2D eigenvalue weighted by molar-refractivity contribution is -0.0337. The quantitative estimate of drug-likeness (QED) is 0.818. The number of nitrogens with one attached hydrogen (secondary N) is 1. The maximum absolute atomic E-state index is 5.68.